The lowest BCUT2D eigenvalue weighted by atomic mass is 10.2. The van der Waals surface area contributed by atoms with E-state index in [-0.39, 0.29) is 0 Å². The van der Waals surface area contributed by atoms with Crippen molar-refractivity contribution >= 4 is 40.6 Å². The van der Waals surface area contributed by atoms with Crippen molar-refractivity contribution in [3.63, 3.8) is 0 Å². The molecule has 106 valence electrons. The van der Waals surface area contributed by atoms with Gasteiger partial charge in [0.2, 0.25) is 5.95 Å². The highest BCUT2D eigenvalue weighted by molar-refractivity contribution is 8.00. The Morgan fingerprint density at radius 1 is 1.35 bits per heavy atom. The normalized spacial score (nSPS) is 15.3. The molecule has 2 heterocycles. The molecular formula is C13H17N5S2. The topological polar surface area (TPSA) is 53.1 Å². The van der Waals surface area contributed by atoms with Crippen LogP contribution in [0, 0.1) is 0 Å². The van der Waals surface area contributed by atoms with Crippen molar-refractivity contribution in [1.82, 2.24) is 14.7 Å². The third-order valence-electron chi connectivity index (χ3n) is 3.17. The number of rotatable bonds is 4. The van der Waals surface area contributed by atoms with Crippen molar-refractivity contribution in [3.8, 4) is 0 Å². The molecule has 0 amide bonds. The van der Waals surface area contributed by atoms with Crippen molar-refractivity contribution in [2.24, 2.45) is 0 Å². The molecule has 0 bridgehead atoms. The van der Waals surface area contributed by atoms with Gasteiger partial charge in [-0.2, -0.15) is 9.36 Å². The molecule has 1 saturated heterocycles. The molecule has 0 spiro atoms. The lowest BCUT2D eigenvalue weighted by Gasteiger charge is -2.29. The summed E-state index contributed by atoms with van der Waals surface area (Å²) < 4.78 is 5.28. The highest BCUT2D eigenvalue weighted by Crippen LogP contribution is 2.24. The van der Waals surface area contributed by atoms with Crippen LogP contribution >= 0.6 is 23.3 Å². The zero-order chi connectivity index (χ0) is 13.8. The van der Waals surface area contributed by atoms with Crippen LogP contribution in [0.5, 0.6) is 0 Å². The van der Waals surface area contributed by atoms with E-state index in [9.17, 15) is 0 Å². The molecule has 3 rings (SSSR count). The van der Waals surface area contributed by atoms with E-state index in [1.165, 1.54) is 17.2 Å². The summed E-state index contributed by atoms with van der Waals surface area (Å²) in [4.78, 5) is 6.79. The van der Waals surface area contributed by atoms with E-state index in [4.69, 9.17) is 0 Å². The summed E-state index contributed by atoms with van der Waals surface area (Å²) in [5, 5.41) is 6.64. The molecule has 1 fully saturated rings. The van der Waals surface area contributed by atoms with Gasteiger partial charge in [0.05, 0.1) is 0 Å². The maximum Gasteiger partial charge on any atom is 0.240 e. The number of nitrogens with zero attached hydrogens (tertiary/aromatic N) is 3. The van der Waals surface area contributed by atoms with Gasteiger partial charge in [0.15, 0.2) is 4.34 Å². The summed E-state index contributed by atoms with van der Waals surface area (Å²) in [5.74, 6) is 0.678. The van der Waals surface area contributed by atoms with E-state index >= 15 is 0 Å². The fourth-order valence-electron chi connectivity index (χ4n) is 2.18. The van der Waals surface area contributed by atoms with Crippen molar-refractivity contribution in [2.75, 3.05) is 42.7 Å². The molecule has 20 heavy (non-hydrogen) atoms. The molecular weight excluding hydrogens is 290 g/mol. The standard InChI is InChI=1S/C13H17N5S2/c1-19-13-16-12(17-20-13)15-10-3-2-4-11(9-10)18-7-5-14-6-8-18/h2-4,9,14H,5-8H2,1H3,(H,15,17). The SMILES string of the molecule is CSc1nc(Nc2cccc(N3CCNCC3)c2)ns1. The van der Waals surface area contributed by atoms with Crippen molar-refractivity contribution < 1.29 is 0 Å². The van der Waals surface area contributed by atoms with Crippen LogP contribution in [0.25, 0.3) is 0 Å². The van der Waals surface area contributed by atoms with Gasteiger partial charge in [0.1, 0.15) is 0 Å². The Bertz CT molecular complexity index is 565. The van der Waals surface area contributed by atoms with Crippen molar-refractivity contribution in [2.45, 2.75) is 4.34 Å². The smallest absolute Gasteiger partial charge is 0.240 e. The van der Waals surface area contributed by atoms with Crippen molar-refractivity contribution in [3.05, 3.63) is 24.3 Å². The van der Waals surface area contributed by atoms with Crippen LogP contribution < -0.4 is 15.5 Å². The lowest BCUT2D eigenvalue weighted by Crippen LogP contribution is -2.43. The van der Waals surface area contributed by atoms with Gasteiger partial charge in [-0.15, -0.1) is 0 Å². The van der Waals surface area contributed by atoms with E-state index in [1.54, 1.807) is 11.8 Å². The maximum absolute atomic E-state index is 4.40. The molecule has 0 unspecified atom stereocenters. The number of aromatic nitrogens is 2. The molecule has 5 nitrogen and oxygen atoms in total. The van der Waals surface area contributed by atoms with Crippen LogP contribution in [-0.4, -0.2) is 41.8 Å². The molecule has 0 saturated carbocycles. The Morgan fingerprint density at radius 2 is 2.20 bits per heavy atom. The molecule has 0 radical (unpaired) electrons. The number of hydrogen-bond donors (Lipinski definition) is 2. The zero-order valence-corrected chi connectivity index (χ0v) is 12.9. The van der Waals surface area contributed by atoms with Gasteiger partial charge in [-0.05, 0) is 36.0 Å². The second kappa shape index (κ2) is 6.43. The van der Waals surface area contributed by atoms with Gasteiger partial charge < -0.3 is 15.5 Å². The lowest BCUT2D eigenvalue weighted by molar-refractivity contribution is 0.589. The summed E-state index contributed by atoms with van der Waals surface area (Å²) in [5.41, 5.74) is 2.28. The molecule has 1 aliphatic rings. The van der Waals surface area contributed by atoms with Crippen molar-refractivity contribution in [1.29, 1.82) is 0 Å². The van der Waals surface area contributed by atoms with E-state index in [0.29, 0.717) is 5.95 Å². The average Bonchev–Trinajstić information content (AvgIpc) is 2.96. The van der Waals surface area contributed by atoms with E-state index < -0.39 is 0 Å². The summed E-state index contributed by atoms with van der Waals surface area (Å²) in [7, 11) is 0. The van der Waals surface area contributed by atoms with Gasteiger partial charge in [-0.25, -0.2) is 0 Å². The third kappa shape index (κ3) is 3.23. The van der Waals surface area contributed by atoms with E-state index in [2.05, 4.69) is 43.1 Å². The van der Waals surface area contributed by atoms with Gasteiger partial charge in [0, 0.05) is 37.6 Å². The number of thioether (sulfide) groups is 1. The number of nitrogens with one attached hydrogen (secondary N) is 2. The van der Waals surface area contributed by atoms with Crippen LogP contribution in [0.1, 0.15) is 0 Å². The fraction of sp³-hybridized carbons (Fsp3) is 0.385. The minimum atomic E-state index is 0.678. The first-order valence-corrected chi connectivity index (χ1v) is 8.55. The number of piperazine rings is 1. The number of benzene rings is 1. The predicted molar refractivity (Wildman–Crippen MR) is 86.5 cm³/mol. The minimum Gasteiger partial charge on any atom is -0.369 e. The van der Waals surface area contributed by atoms with Crippen LogP contribution in [0.15, 0.2) is 28.6 Å². The summed E-state index contributed by atoms with van der Waals surface area (Å²) >= 11 is 3.04. The highest BCUT2D eigenvalue weighted by atomic mass is 32.2. The molecule has 1 aliphatic heterocycles. The van der Waals surface area contributed by atoms with Crippen LogP contribution in [0.3, 0.4) is 0 Å². The summed E-state index contributed by atoms with van der Waals surface area (Å²) in [6.45, 7) is 4.19. The molecule has 2 aromatic rings. The highest BCUT2D eigenvalue weighted by Gasteiger charge is 2.11. The summed E-state index contributed by atoms with van der Waals surface area (Å²) in [6, 6.07) is 8.43. The first-order valence-electron chi connectivity index (χ1n) is 6.55. The molecule has 0 aliphatic carbocycles. The second-order valence-electron chi connectivity index (χ2n) is 4.50. The Morgan fingerprint density at radius 3 is 2.95 bits per heavy atom. The molecule has 1 aromatic carbocycles. The Labute approximate surface area is 127 Å². The van der Waals surface area contributed by atoms with E-state index in [0.717, 1.165) is 36.2 Å². The van der Waals surface area contributed by atoms with Gasteiger partial charge in [-0.3, -0.25) is 0 Å². The Balaban J connectivity index is 1.73. The van der Waals surface area contributed by atoms with Gasteiger partial charge in [-0.1, -0.05) is 17.8 Å². The predicted octanol–water partition coefficient (Wildman–Crippen LogP) is 2.41. The monoisotopic (exact) mass is 307 g/mol. The van der Waals surface area contributed by atoms with Crippen LogP contribution in [0.2, 0.25) is 0 Å². The molecule has 1 aromatic heterocycles. The quantitative estimate of drug-likeness (QED) is 0.846. The third-order valence-corrected chi connectivity index (χ3v) is 4.84. The minimum absolute atomic E-state index is 0.678. The number of hydrogen-bond acceptors (Lipinski definition) is 7. The first kappa shape index (κ1) is 13.7. The fourth-order valence-corrected chi connectivity index (χ4v) is 3.14. The maximum atomic E-state index is 4.40. The summed E-state index contributed by atoms with van der Waals surface area (Å²) in [6.07, 6.45) is 2.01. The molecule has 0 atom stereocenters. The molecule has 2 N–H and O–H groups in total. The Kier molecular flexibility index (Phi) is 4.39. The van der Waals surface area contributed by atoms with Gasteiger partial charge >= 0.3 is 0 Å². The first-order chi connectivity index (χ1) is 9.85. The number of anilines is 3. The molecule has 7 heteroatoms. The van der Waals surface area contributed by atoms with Crippen LogP contribution in [-0.2, 0) is 0 Å². The van der Waals surface area contributed by atoms with Gasteiger partial charge in [0.25, 0.3) is 0 Å². The largest absolute Gasteiger partial charge is 0.369 e. The second-order valence-corrected chi connectivity index (χ2v) is 6.31. The average molecular weight is 307 g/mol. The Hall–Kier alpha value is -1.31. The zero-order valence-electron chi connectivity index (χ0n) is 11.3. The van der Waals surface area contributed by atoms with E-state index in [1.807, 2.05) is 12.3 Å². The van der Waals surface area contributed by atoms with Crippen LogP contribution in [0.4, 0.5) is 17.3 Å².